The number of piperidine rings is 1. The van der Waals surface area contributed by atoms with Crippen LogP contribution in [0.5, 0.6) is 0 Å². The zero-order valence-corrected chi connectivity index (χ0v) is 12.6. The minimum absolute atomic E-state index is 0.0219. The van der Waals surface area contributed by atoms with Crippen LogP contribution in [0.3, 0.4) is 0 Å². The van der Waals surface area contributed by atoms with Gasteiger partial charge in [-0.2, -0.15) is 0 Å². The van der Waals surface area contributed by atoms with Crippen molar-refractivity contribution in [2.24, 2.45) is 0 Å². The molecule has 0 bridgehead atoms. The van der Waals surface area contributed by atoms with Gasteiger partial charge in [-0.15, -0.1) is 0 Å². The molecule has 0 saturated carbocycles. The van der Waals surface area contributed by atoms with Gasteiger partial charge in [0.1, 0.15) is 0 Å². The van der Waals surface area contributed by atoms with Crippen LogP contribution in [0.1, 0.15) is 32.6 Å². The molecular formula is C15H28N4O. The van der Waals surface area contributed by atoms with Crippen LogP contribution in [0.15, 0.2) is 0 Å². The highest BCUT2D eigenvalue weighted by Crippen LogP contribution is 2.20. The van der Waals surface area contributed by atoms with Gasteiger partial charge in [-0.3, -0.25) is 9.69 Å². The van der Waals surface area contributed by atoms with Gasteiger partial charge in [0, 0.05) is 38.3 Å². The van der Waals surface area contributed by atoms with Crippen molar-refractivity contribution in [3.05, 3.63) is 0 Å². The summed E-state index contributed by atoms with van der Waals surface area (Å²) in [6.45, 7) is 8.14. The lowest BCUT2D eigenvalue weighted by Gasteiger charge is -2.33. The standard InChI is InChI=1S/C15H28N4O/c1-12-9-17-14(10-16-12)15(20)19-8-5-13(11-19)18-6-3-2-4-7-18/h12-14,16-17H,2-11H2,1H3. The largest absolute Gasteiger partial charge is 0.340 e. The molecule has 20 heavy (non-hydrogen) atoms. The number of nitrogens with one attached hydrogen (secondary N) is 2. The molecule has 0 spiro atoms. The molecule has 3 aliphatic rings. The van der Waals surface area contributed by atoms with Crippen LogP contribution in [-0.2, 0) is 4.79 Å². The van der Waals surface area contributed by atoms with E-state index in [0.717, 1.165) is 32.6 Å². The molecule has 114 valence electrons. The first-order valence-corrected chi connectivity index (χ1v) is 8.23. The molecule has 0 aromatic carbocycles. The highest BCUT2D eigenvalue weighted by atomic mass is 16.2. The van der Waals surface area contributed by atoms with E-state index in [1.54, 1.807) is 0 Å². The summed E-state index contributed by atoms with van der Waals surface area (Å²) in [5.74, 6) is 0.295. The molecule has 3 unspecified atom stereocenters. The van der Waals surface area contributed by atoms with Gasteiger partial charge in [-0.1, -0.05) is 6.42 Å². The van der Waals surface area contributed by atoms with E-state index in [4.69, 9.17) is 0 Å². The van der Waals surface area contributed by atoms with E-state index in [1.807, 2.05) is 0 Å². The summed E-state index contributed by atoms with van der Waals surface area (Å²) in [7, 11) is 0. The summed E-state index contributed by atoms with van der Waals surface area (Å²) in [6.07, 6.45) is 5.19. The Balaban J connectivity index is 1.50. The molecule has 3 fully saturated rings. The van der Waals surface area contributed by atoms with Gasteiger partial charge in [-0.25, -0.2) is 0 Å². The van der Waals surface area contributed by atoms with Crippen LogP contribution in [0, 0.1) is 0 Å². The summed E-state index contributed by atoms with van der Waals surface area (Å²) < 4.78 is 0. The Labute approximate surface area is 122 Å². The molecule has 0 aromatic heterocycles. The Hall–Kier alpha value is -0.650. The summed E-state index contributed by atoms with van der Waals surface area (Å²) in [5.41, 5.74) is 0. The van der Waals surface area contributed by atoms with Crippen LogP contribution in [0.25, 0.3) is 0 Å². The maximum atomic E-state index is 12.5. The lowest BCUT2D eigenvalue weighted by atomic mass is 10.1. The molecule has 1 amide bonds. The Morgan fingerprint density at radius 1 is 1.05 bits per heavy atom. The Morgan fingerprint density at radius 2 is 1.85 bits per heavy atom. The van der Waals surface area contributed by atoms with Crippen LogP contribution in [-0.4, -0.2) is 73.1 Å². The molecule has 0 aliphatic carbocycles. The zero-order chi connectivity index (χ0) is 13.9. The summed E-state index contributed by atoms with van der Waals surface area (Å²) in [4.78, 5) is 17.2. The zero-order valence-electron chi connectivity index (χ0n) is 12.6. The van der Waals surface area contributed by atoms with Gasteiger partial charge in [-0.05, 0) is 39.3 Å². The minimum Gasteiger partial charge on any atom is -0.340 e. The number of hydrogen-bond donors (Lipinski definition) is 2. The average molecular weight is 280 g/mol. The third-order valence-electron chi connectivity index (χ3n) is 5.02. The third-order valence-corrected chi connectivity index (χ3v) is 5.02. The maximum absolute atomic E-state index is 12.5. The molecule has 2 N–H and O–H groups in total. The molecule has 3 saturated heterocycles. The molecule has 3 rings (SSSR count). The van der Waals surface area contributed by atoms with E-state index >= 15 is 0 Å². The smallest absolute Gasteiger partial charge is 0.241 e. The first kappa shape index (κ1) is 14.3. The van der Waals surface area contributed by atoms with Crippen LogP contribution in [0.4, 0.5) is 0 Å². The number of hydrogen-bond acceptors (Lipinski definition) is 4. The topological polar surface area (TPSA) is 47.6 Å². The Kier molecular flexibility index (Phi) is 4.58. The van der Waals surface area contributed by atoms with E-state index in [0.29, 0.717) is 18.0 Å². The summed E-state index contributed by atoms with van der Waals surface area (Å²) >= 11 is 0. The van der Waals surface area contributed by atoms with Gasteiger partial charge in [0.2, 0.25) is 5.91 Å². The van der Waals surface area contributed by atoms with Gasteiger partial charge in [0.25, 0.3) is 0 Å². The normalized spacial score (nSPS) is 36.2. The second kappa shape index (κ2) is 6.41. The van der Waals surface area contributed by atoms with Crippen LogP contribution >= 0.6 is 0 Å². The van der Waals surface area contributed by atoms with Crippen molar-refractivity contribution < 1.29 is 4.79 Å². The molecule has 5 nitrogen and oxygen atoms in total. The van der Waals surface area contributed by atoms with Gasteiger partial charge in [0.05, 0.1) is 6.04 Å². The number of carbonyl (C=O) groups is 1. The number of likely N-dealkylation sites (tertiary alicyclic amines) is 2. The quantitative estimate of drug-likeness (QED) is 0.749. The van der Waals surface area contributed by atoms with E-state index in [9.17, 15) is 4.79 Å². The van der Waals surface area contributed by atoms with Crippen molar-refractivity contribution >= 4 is 5.91 Å². The minimum atomic E-state index is -0.0219. The van der Waals surface area contributed by atoms with Crippen molar-refractivity contribution in [1.29, 1.82) is 0 Å². The lowest BCUT2D eigenvalue weighted by molar-refractivity contribution is -0.132. The molecule has 0 radical (unpaired) electrons. The number of amides is 1. The van der Waals surface area contributed by atoms with Crippen LogP contribution in [0.2, 0.25) is 0 Å². The monoisotopic (exact) mass is 280 g/mol. The highest BCUT2D eigenvalue weighted by Gasteiger charge is 2.34. The van der Waals surface area contributed by atoms with Gasteiger partial charge >= 0.3 is 0 Å². The molecule has 5 heteroatoms. The fourth-order valence-corrected chi connectivity index (χ4v) is 3.70. The van der Waals surface area contributed by atoms with Crippen molar-refractivity contribution in [2.45, 2.75) is 50.7 Å². The highest BCUT2D eigenvalue weighted by molar-refractivity contribution is 5.82. The van der Waals surface area contributed by atoms with Crippen molar-refractivity contribution in [3.8, 4) is 0 Å². The van der Waals surface area contributed by atoms with Crippen molar-refractivity contribution in [3.63, 3.8) is 0 Å². The second-order valence-corrected chi connectivity index (χ2v) is 6.59. The fraction of sp³-hybridized carbons (Fsp3) is 0.933. The fourth-order valence-electron chi connectivity index (χ4n) is 3.70. The van der Waals surface area contributed by atoms with E-state index in [2.05, 4.69) is 27.4 Å². The first-order valence-electron chi connectivity index (χ1n) is 8.23. The lowest BCUT2D eigenvalue weighted by Crippen LogP contribution is -2.59. The average Bonchev–Trinajstić information content (AvgIpc) is 2.98. The number of carbonyl (C=O) groups excluding carboxylic acids is 1. The van der Waals surface area contributed by atoms with Crippen LogP contribution < -0.4 is 10.6 Å². The predicted molar refractivity (Wildman–Crippen MR) is 79.7 cm³/mol. The molecular weight excluding hydrogens is 252 g/mol. The molecule has 3 heterocycles. The molecule has 3 aliphatic heterocycles. The predicted octanol–water partition coefficient (Wildman–Crippen LogP) is 0.0231. The van der Waals surface area contributed by atoms with Gasteiger partial charge in [0.15, 0.2) is 0 Å². The summed E-state index contributed by atoms with van der Waals surface area (Å²) in [6, 6.07) is 1.06. The number of nitrogens with zero attached hydrogens (tertiary/aromatic N) is 2. The Morgan fingerprint density at radius 3 is 2.55 bits per heavy atom. The number of piperazine rings is 1. The second-order valence-electron chi connectivity index (χ2n) is 6.59. The number of rotatable bonds is 2. The van der Waals surface area contributed by atoms with E-state index < -0.39 is 0 Å². The molecule has 3 atom stereocenters. The van der Waals surface area contributed by atoms with E-state index in [1.165, 1.54) is 32.4 Å². The Bertz CT molecular complexity index is 335. The SMILES string of the molecule is CC1CNC(C(=O)N2CCC(N3CCCCC3)C2)CN1. The van der Waals surface area contributed by atoms with Crippen molar-refractivity contribution in [2.75, 3.05) is 39.3 Å². The first-order chi connectivity index (χ1) is 9.74. The van der Waals surface area contributed by atoms with E-state index in [-0.39, 0.29) is 6.04 Å². The summed E-state index contributed by atoms with van der Waals surface area (Å²) in [5, 5.41) is 6.76. The third kappa shape index (κ3) is 3.15. The molecule has 0 aromatic rings. The maximum Gasteiger partial charge on any atom is 0.241 e. The van der Waals surface area contributed by atoms with Gasteiger partial charge < -0.3 is 15.5 Å². The van der Waals surface area contributed by atoms with Crippen molar-refractivity contribution in [1.82, 2.24) is 20.4 Å².